The molecule has 0 saturated heterocycles. The van der Waals surface area contributed by atoms with Gasteiger partial charge in [-0.05, 0) is 43.2 Å². The summed E-state index contributed by atoms with van der Waals surface area (Å²) in [6.45, 7) is 7.14. The highest BCUT2D eigenvalue weighted by Gasteiger charge is 2.12. The molecule has 0 saturated carbocycles. The molecule has 3 rings (SSSR count). The first-order chi connectivity index (χ1) is 13.5. The smallest absolute Gasteiger partial charge is 0.257 e. The van der Waals surface area contributed by atoms with Crippen molar-refractivity contribution < 1.29 is 14.3 Å². The molecule has 2 aromatic heterocycles. The molecule has 7 heteroatoms. The number of fused-ring (bicyclic) bond motifs is 1. The monoisotopic (exact) mass is 382 g/mol. The van der Waals surface area contributed by atoms with Crippen LogP contribution in [0, 0.1) is 5.92 Å². The number of nitrogens with one attached hydrogen (secondary N) is 1. The number of benzene rings is 1. The first kappa shape index (κ1) is 19.5. The Bertz CT molecular complexity index is 965. The highest BCUT2D eigenvalue weighted by molar-refractivity contribution is 5.78. The van der Waals surface area contributed by atoms with Crippen LogP contribution in [-0.2, 0) is 4.79 Å². The first-order valence-corrected chi connectivity index (χ1v) is 9.37. The molecule has 2 heterocycles. The first-order valence-electron chi connectivity index (χ1n) is 9.37. The van der Waals surface area contributed by atoms with Crippen LogP contribution in [0.4, 0.5) is 5.69 Å². The third kappa shape index (κ3) is 4.54. The van der Waals surface area contributed by atoms with Crippen LogP contribution >= 0.6 is 0 Å². The summed E-state index contributed by atoms with van der Waals surface area (Å²) in [5.41, 5.74) is 8.91. The lowest BCUT2D eigenvalue weighted by Crippen LogP contribution is -2.31. The molecule has 148 valence electrons. The summed E-state index contributed by atoms with van der Waals surface area (Å²) in [7, 11) is 0. The van der Waals surface area contributed by atoms with E-state index in [9.17, 15) is 4.79 Å². The number of amides is 1. The van der Waals surface area contributed by atoms with Crippen molar-refractivity contribution in [3.63, 3.8) is 0 Å². The number of pyridine rings is 1. The Morgan fingerprint density at radius 3 is 2.79 bits per heavy atom. The summed E-state index contributed by atoms with van der Waals surface area (Å²) in [6.07, 6.45) is 3.78. The molecule has 1 amide bonds. The summed E-state index contributed by atoms with van der Waals surface area (Å²) in [5.74, 6) is 1.45. The molecule has 1 aromatic carbocycles. The molecule has 0 aliphatic rings. The number of nitrogens with zero attached hydrogens (tertiary/aromatic N) is 2. The van der Waals surface area contributed by atoms with Crippen molar-refractivity contribution in [1.29, 1.82) is 0 Å². The Morgan fingerprint density at radius 2 is 2.07 bits per heavy atom. The topological polar surface area (TPSA) is 90.9 Å². The van der Waals surface area contributed by atoms with Gasteiger partial charge in [-0.3, -0.25) is 4.79 Å². The number of rotatable bonds is 8. The van der Waals surface area contributed by atoms with E-state index in [1.54, 1.807) is 6.07 Å². The van der Waals surface area contributed by atoms with Gasteiger partial charge in [0.15, 0.2) is 18.0 Å². The maximum Gasteiger partial charge on any atom is 0.257 e. The number of aromatic nitrogens is 2. The van der Waals surface area contributed by atoms with Crippen LogP contribution in [0.1, 0.15) is 20.8 Å². The molecule has 0 aliphatic carbocycles. The normalized spacial score (nSPS) is 11.0. The fraction of sp³-hybridized carbons (Fsp3) is 0.333. The van der Waals surface area contributed by atoms with Gasteiger partial charge in [-0.25, -0.2) is 4.98 Å². The molecular formula is C21H26N4O3. The fourth-order valence-electron chi connectivity index (χ4n) is 2.75. The molecule has 0 fully saturated rings. The number of carbonyl (C=O) groups excluding carboxylic acids is 1. The van der Waals surface area contributed by atoms with Crippen molar-refractivity contribution in [3.05, 3.63) is 42.7 Å². The lowest BCUT2D eigenvalue weighted by atomic mass is 10.1. The molecule has 0 atom stereocenters. The predicted molar refractivity (Wildman–Crippen MR) is 110 cm³/mol. The number of hydrogen-bond acceptors (Lipinski definition) is 5. The van der Waals surface area contributed by atoms with E-state index < -0.39 is 0 Å². The minimum absolute atomic E-state index is 0.0510. The van der Waals surface area contributed by atoms with Gasteiger partial charge in [0.2, 0.25) is 0 Å². The number of anilines is 1. The zero-order valence-corrected chi connectivity index (χ0v) is 16.4. The average molecular weight is 382 g/mol. The maximum absolute atomic E-state index is 11.9. The van der Waals surface area contributed by atoms with E-state index in [4.69, 9.17) is 15.2 Å². The summed E-state index contributed by atoms with van der Waals surface area (Å²) < 4.78 is 13.0. The number of nitrogen functional groups attached to an aromatic ring is 1. The van der Waals surface area contributed by atoms with Crippen LogP contribution in [0.5, 0.6) is 11.5 Å². The fourth-order valence-corrected chi connectivity index (χ4v) is 2.75. The van der Waals surface area contributed by atoms with Crippen LogP contribution in [0.25, 0.3) is 16.9 Å². The Morgan fingerprint density at radius 1 is 1.25 bits per heavy atom. The van der Waals surface area contributed by atoms with Crippen molar-refractivity contribution in [2.24, 2.45) is 5.92 Å². The van der Waals surface area contributed by atoms with Gasteiger partial charge < -0.3 is 24.9 Å². The third-order valence-electron chi connectivity index (χ3n) is 4.12. The maximum atomic E-state index is 11.9. The van der Waals surface area contributed by atoms with Crippen LogP contribution < -0.4 is 20.5 Å². The van der Waals surface area contributed by atoms with Crippen molar-refractivity contribution in [2.75, 3.05) is 25.5 Å². The molecule has 0 spiro atoms. The minimum Gasteiger partial charge on any atom is -0.492 e. The van der Waals surface area contributed by atoms with E-state index in [0.29, 0.717) is 41.9 Å². The number of hydrogen-bond donors (Lipinski definition) is 2. The molecule has 0 aliphatic heterocycles. The average Bonchev–Trinajstić information content (AvgIpc) is 3.11. The second-order valence-corrected chi connectivity index (χ2v) is 6.90. The lowest BCUT2D eigenvalue weighted by molar-refractivity contribution is -0.123. The zero-order valence-electron chi connectivity index (χ0n) is 16.4. The summed E-state index contributed by atoms with van der Waals surface area (Å²) in [4.78, 5) is 16.6. The predicted octanol–water partition coefficient (Wildman–Crippen LogP) is 3.13. The van der Waals surface area contributed by atoms with Gasteiger partial charge in [-0.2, -0.15) is 0 Å². The van der Waals surface area contributed by atoms with E-state index in [1.807, 2.05) is 61.8 Å². The molecule has 0 bridgehead atoms. The molecule has 3 aromatic rings. The van der Waals surface area contributed by atoms with Crippen LogP contribution in [-0.4, -0.2) is 35.1 Å². The molecule has 0 unspecified atom stereocenters. The molecule has 0 radical (unpaired) electrons. The van der Waals surface area contributed by atoms with Gasteiger partial charge in [0.05, 0.1) is 18.0 Å². The number of carbonyl (C=O) groups is 1. The van der Waals surface area contributed by atoms with Gasteiger partial charge in [-0.15, -0.1) is 0 Å². The van der Waals surface area contributed by atoms with E-state index in [-0.39, 0.29) is 12.5 Å². The Kier molecular flexibility index (Phi) is 6.03. The summed E-state index contributed by atoms with van der Waals surface area (Å²) in [6, 6.07) is 9.26. The minimum atomic E-state index is -0.151. The van der Waals surface area contributed by atoms with E-state index in [2.05, 4.69) is 10.3 Å². The zero-order chi connectivity index (χ0) is 20.1. The van der Waals surface area contributed by atoms with Gasteiger partial charge >= 0.3 is 0 Å². The van der Waals surface area contributed by atoms with Crippen molar-refractivity contribution in [1.82, 2.24) is 14.7 Å². The number of ether oxygens (including phenoxy) is 2. The number of nitrogens with two attached hydrogens (primary N) is 1. The standard InChI is InChI=1S/C21H26N4O3/c1-4-27-18-8-7-15(10-16(18)22)17-12-25-9-5-6-19(21(25)24-17)28-13-20(26)23-11-14(2)3/h5-10,12,14H,4,11,13,22H2,1-3H3,(H,23,26). The second kappa shape index (κ2) is 8.65. The van der Waals surface area contributed by atoms with E-state index in [0.717, 1.165) is 11.3 Å². The molecule has 3 N–H and O–H groups in total. The SMILES string of the molecule is CCOc1ccc(-c2cn3cccc(OCC(=O)NCC(C)C)c3n2)cc1N. The third-order valence-corrected chi connectivity index (χ3v) is 4.12. The second-order valence-electron chi connectivity index (χ2n) is 6.90. The lowest BCUT2D eigenvalue weighted by Gasteiger charge is -2.09. The summed E-state index contributed by atoms with van der Waals surface area (Å²) in [5, 5.41) is 2.84. The highest BCUT2D eigenvalue weighted by atomic mass is 16.5. The van der Waals surface area contributed by atoms with Gasteiger partial charge in [0.25, 0.3) is 5.91 Å². The quantitative estimate of drug-likeness (QED) is 0.584. The van der Waals surface area contributed by atoms with Crippen molar-refractivity contribution in [3.8, 4) is 22.8 Å². The van der Waals surface area contributed by atoms with Gasteiger partial charge in [-0.1, -0.05) is 13.8 Å². The largest absolute Gasteiger partial charge is 0.492 e. The van der Waals surface area contributed by atoms with Gasteiger partial charge in [0.1, 0.15) is 5.75 Å². The Balaban J connectivity index is 1.79. The Hall–Kier alpha value is -3.22. The van der Waals surface area contributed by atoms with E-state index in [1.165, 1.54) is 0 Å². The molecule has 7 nitrogen and oxygen atoms in total. The van der Waals surface area contributed by atoms with Crippen LogP contribution in [0.3, 0.4) is 0 Å². The van der Waals surface area contributed by atoms with Gasteiger partial charge in [0, 0.05) is 24.5 Å². The van der Waals surface area contributed by atoms with E-state index >= 15 is 0 Å². The van der Waals surface area contributed by atoms with Crippen LogP contribution in [0.15, 0.2) is 42.7 Å². The highest BCUT2D eigenvalue weighted by Crippen LogP contribution is 2.29. The number of imidazole rings is 1. The van der Waals surface area contributed by atoms with Crippen molar-refractivity contribution in [2.45, 2.75) is 20.8 Å². The Labute approximate surface area is 164 Å². The molecule has 28 heavy (non-hydrogen) atoms. The van der Waals surface area contributed by atoms with Crippen molar-refractivity contribution >= 4 is 17.2 Å². The summed E-state index contributed by atoms with van der Waals surface area (Å²) >= 11 is 0. The molecular weight excluding hydrogens is 356 g/mol. The van der Waals surface area contributed by atoms with Crippen LogP contribution in [0.2, 0.25) is 0 Å².